The molecule has 35 heavy (non-hydrogen) atoms. The van der Waals surface area contributed by atoms with Crippen molar-refractivity contribution in [1.82, 2.24) is 19.6 Å². The summed E-state index contributed by atoms with van der Waals surface area (Å²) in [5.74, 6) is 1.94. The molecule has 2 aromatic heterocycles. The highest BCUT2D eigenvalue weighted by Gasteiger charge is 2.20. The van der Waals surface area contributed by atoms with Gasteiger partial charge in [0.2, 0.25) is 5.91 Å². The number of anilines is 1. The Morgan fingerprint density at radius 1 is 1.09 bits per heavy atom. The molecule has 178 valence electrons. The number of benzene rings is 2. The van der Waals surface area contributed by atoms with E-state index in [0.717, 1.165) is 28.2 Å². The highest BCUT2D eigenvalue weighted by molar-refractivity contribution is 5.94. The number of hydrogen-bond donors (Lipinski definition) is 0. The molecule has 0 saturated heterocycles. The van der Waals surface area contributed by atoms with E-state index in [9.17, 15) is 4.79 Å². The van der Waals surface area contributed by atoms with Crippen LogP contribution in [0.15, 0.2) is 60.9 Å². The van der Waals surface area contributed by atoms with Gasteiger partial charge in [0.25, 0.3) is 5.78 Å². The first-order valence-corrected chi connectivity index (χ1v) is 11.7. The number of nitrogens with zero attached hydrogens (tertiary/aromatic N) is 5. The molecule has 8 nitrogen and oxygen atoms in total. The molecule has 1 amide bonds. The predicted molar refractivity (Wildman–Crippen MR) is 134 cm³/mol. The molecule has 0 unspecified atom stereocenters. The van der Waals surface area contributed by atoms with Gasteiger partial charge in [-0.2, -0.15) is 10.1 Å². The molecule has 5 rings (SSSR count). The van der Waals surface area contributed by atoms with E-state index in [-0.39, 0.29) is 5.91 Å². The second kappa shape index (κ2) is 9.97. The van der Waals surface area contributed by atoms with Gasteiger partial charge in [0.05, 0.1) is 0 Å². The average molecular weight is 470 g/mol. The summed E-state index contributed by atoms with van der Waals surface area (Å²) in [6.07, 6.45) is 6.41. The lowest BCUT2D eigenvalue weighted by molar-refractivity contribution is -0.118. The molecule has 0 fully saturated rings. The van der Waals surface area contributed by atoms with Crippen molar-refractivity contribution in [3.8, 4) is 11.5 Å². The zero-order chi connectivity index (χ0) is 24.2. The standard InChI is InChI=1S/C27H27N5O3/c1-19-23(20(2)32-27(30-19)28-18-29-32)11-13-26(33)31(14-6-9-21-7-4-3-5-8-21)22-10-12-24-25(17-22)35-16-15-34-24/h3-10,12,17-18H,11,13-16H2,1-2H3/b9-6+. The van der Waals surface area contributed by atoms with Gasteiger partial charge in [-0.3, -0.25) is 4.79 Å². The second-order valence-corrected chi connectivity index (χ2v) is 8.38. The molecule has 0 N–H and O–H groups in total. The molecule has 0 spiro atoms. The van der Waals surface area contributed by atoms with E-state index in [0.29, 0.717) is 49.9 Å². The van der Waals surface area contributed by atoms with E-state index in [4.69, 9.17) is 9.47 Å². The summed E-state index contributed by atoms with van der Waals surface area (Å²) in [5.41, 5.74) is 4.69. The molecule has 4 aromatic rings. The van der Waals surface area contributed by atoms with Gasteiger partial charge in [0.15, 0.2) is 11.5 Å². The molecule has 1 aliphatic rings. The Balaban J connectivity index is 1.38. The van der Waals surface area contributed by atoms with Crippen molar-refractivity contribution in [2.45, 2.75) is 26.7 Å². The van der Waals surface area contributed by atoms with Crippen molar-refractivity contribution in [2.24, 2.45) is 0 Å². The Morgan fingerprint density at radius 3 is 2.71 bits per heavy atom. The zero-order valence-corrected chi connectivity index (χ0v) is 19.8. The van der Waals surface area contributed by atoms with Crippen LogP contribution in [0.5, 0.6) is 11.5 Å². The van der Waals surface area contributed by atoms with Crippen LogP contribution in [0, 0.1) is 13.8 Å². The Morgan fingerprint density at radius 2 is 1.89 bits per heavy atom. The number of hydrogen-bond acceptors (Lipinski definition) is 6. The maximum absolute atomic E-state index is 13.5. The van der Waals surface area contributed by atoms with Gasteiger partial charge in [0, 0.05) is 36.1 Å². The van der Waals surface area contributed by atoms with Gasteiger partial charge >= 0.3 is 0 Å². The Hall–Kier alpha value is -4.20. The van der Waals surface area contributed by atoms with E-state index in [1.165, 1.54) is 6.33 Å². The lowest BCUT2D eigenvalue weighted by Crippen LogP contribution is -2.31. The van der Waals surface area contributed by atoms with Crippen LogP contribution in [0.2, 0.25) is 0 Å². The maximum atomic E-state index is 13.5. The summed E-state index contributed by atoms with van der Waals surface area (Å²) in [7, 11) is 0. The summed E-state index contributed by atoms with van der Waals surface area (Å²) >= 11 is 0. The van der Waals surface area contributed by atoms with E-state index in [1.54, 1.807) is 9.42 Å². The van der Waals surface area contributed by atoms with E-state index in [1.807, 2.05) is 74.5 Å². The van der Waals surface area contributed by atoms with E-state index < -0.39 is 0 Å². The van der Waals surface area contributed by atoms with E-state index in [2.05, 4.69) is 15.1 Å². The van der Waals surface area contributed by atoms with Gasteiger partial charge in [-0.15, -0.1) is 0 Å². The zero-order valence-electron chi connectivity index (χ0n) is 19.8. The van der Waals surface area contributed by atoms with Crippen molar-refractivity contribution in [3.63, 3.8) is 0 Å². The predicted octanol–water partition coefficient (Wildman–Crippen LogP) is 4.19. The molecule has 1 aliphatic heterocycles. The first-order chi connectivity index (χ1) is 17.1. The number of carbonyl (C=O) groups excluding carboxylic acids is 1. The fourth-order valence-electron chi connectivity index (χ4n) is 4.29. The Bertz CT molecular complexity index is 1380. The Labute approximate surface area is 203 Å². The van der Waals surface area contributed by atoms with Gasteiger partial charge < -0.3 is 14.4 Å². The van der Waals surface area contributed by atoms with Crippen molar-refractivity contribution in [2.75, 3.05) is 24.7 Å². The molecule has 2 aromatic carbocycles. The van der Waals surface area contributed by atoms with Gasteiger partial charge in [-0.05, 0) is 43.5 Å². The minimum Gasteiger partial charge on any atom is -0.486 e. The molecule has 8 heteroatoms. The van der Waals surface area contributed by atoms with Crippen molar-refractivity contribution < 1.29 is 14.3 Å². The van der Waals surface area contributed by atoms with Gasteiger partial charge in [0.1, 0.15) is 19.5 Å². The van der Waals surface area contributed by atoms with Crippen molar-refractivity contribution in [3.05, 3.63) is 83.4 Å². The quantitative estimate of drug-likeness (QED) is 0.404. The fourth-order valence-corrected chi connectivity index (χ4v) is 4.29. The minimum absolute atomic E-state index is 0.0110. The van der Waals surface area contributed by atoms with Crippen LogP contribution in [-0.2, 0) is 11.2 Å². The number of ether oxygens (including phenoxy) is 2. The lowest BCUT2D eigenvalue weighted by Gasteiger charge is -2.25. The number of rotatable bonds is 7. The summed E-state index contributed by atoms with van der Waals surface area (Å²) in [6.45, 7) is 5.39. The first-order valence-electron chi connectivity index (χ1n) is 11.7. The third-order valence-electron chi connectivity index (χ3n) is 6.11. The van der Waals surface area contributed by atoms with Crippen molar-refractivity contribution >= 4 is 23.4 Å². The molecule has 0 bridgehead atoms. The smallest absolute Gasteiger partial charge is 0.252 e. The summed E-state index contributed by atoms with van der Waals surface area (Å²) in [6, 6.07) is 15.7. The number of amides is 1. The molecule has 0 aliphatic carbocycles. The van der Waals surface area contributed by atoms with Crippen molar-refractivity contribution in [1.29, 1.82) is 0 Å². The third-order valence-corrected chi connectivity index (χ3v) is 6.11. The number of fused-ring (bicyclic) bond motifs is 2. The summed E-state index contributed by atoms with van der Waals surface area (Å²) in [4.78, 5) is 24.0. The van der Waals surface area contributed by atoms with Crippen LogP contribution in [0.3, 0.4) is 0 Å². The summed E-state index contributed by atoms with van der Waals surface area (Å²) < 4.78 is 13.1. The largest absolute Gasteiger partial charge is 0.486 e. The molecule has 0 atom stereocenters. The molecular formula is C27H27N5O3. The molecular weight excluding hydrogens is 442 g/mol. The number of carbonyl (C=O) groups is 1. The van der Waals surface area contributed by atoms with Crippen LogP contribution in [-0.4, -0.2) is 45.2 Å². The topological polar surface area (TPSA) is 81.9 Å². The Kier molecular flexibility index (Phi) is 6.43. The molecule has 0 radical (unpaired) electrons. The fraction of sp³-hybridized carbons (Fsp3) is 0.259. The lowest BCUT2D eigenvalue weighted by atomic mass is 10.1. The monoisotopic (exact) mass is 469 g/mol. The number of aryl methyl sites for hydroxylation is 2. The highest BCUT2D eigenvalue weighted by Crippen LogP contribution is 2.34. The van der Waals surface area contributed by atoms with Gasteiger partial charge in [-0.1, -0.05) is 42.5 Å². The minimum atomic E-state index is 0.0110. The second-order valence-electron chi connectivity index (χ2n) is 8.38. The first kappa shape index (κ1) is 22.6. The van der Waals surface area contributed by atoms with Crippen LogP contribution < -0.4 is 14.4 Å². The molecule has 0 saturated carbocycles. The average Bonchev–Trinajstić information content (AvgIpc) is 3.35. The third kappa shape index (κ3) is 4.87. The molecule has 3 heterocycles. The van der Waals surface area contributed by atoms with Crippen LogP contribution in [0.1, 0.15) is 28.9 Å². The van der Waals surface area contributed by atoms with Crippen LogP contribution >= 0.6 is 0 Å². The van der Waals surface area contributed by atoms with Gasteiger partial charge in [-0.25, -0.2) is 9.50 Å². The highest BCUT2D eigenvalue weighted by atomic mass is 16.6. The maximum Gasteiger partial charge on any atom is 0.252 e. The van der Waals surface area contributed by atoms with Crippen LogP contribution in [0.25, 0.3) is 11.9 Å². The normalized spacial score (nSPS) is 12.9. The van der Waals surface area contributed by atoms with Crippen LogP contribution in [0.4, 0.5) is 5.69 Å². The SMILES string of the molecule is Cc1nc2ncnn2c(C)c1CCC(=O)N(C/C=C/c1ccccc1)c1ccc2c(c1)OCCO2. The summed E-state index contributed by atoms with van der Waals surface area (Å²) in [5, 5.41) is 4.25. The number of aromatic nitrogens is 4. The van der Waals surface area contributed by atoms with E-state index >= 15 is 0 Å².